The first-order chi connectivity index (χ1) is 19.8. The number of pyridine rings is 1. The Morgan fingerprint density at radius 1 is 1.05 bits per heavy atom. The summed E-state index contributed by atoms with van der Waals surface area (Å²) in [5.41, 5.74) is 4.42. The van der Waals surface area contributed by atoms with E-state index in [4.69, 9.17) is 14.5 Å². The third kappa shape index (κ3) is 5.90. The molecule has 1 spiro atoms. The number of rotatable bonds is 3. The second-order valence-electron chi connectivity index (χ2n) is 14.2. The number of hydrogen-bond acceptors (Lipinski definition) is 4. The van der Waals surface area contributed by atoms with Crippen molar-refractivity contribution >= 4 is 0 Å². The molecule has 0 radical (unpaired) electrons. The zero-order valence-electron chi connectivity index (χ0n) is 26.1. The predicted octanol–water partition coefficient (Wildman–Crippen LogP) is 9.19. The lowest BCUT2D eigenvalue weighted by Crippen LogP contribution is -2.34. The molecule has 7 heteroatoms. The highest BCUT2D eigenvalue weighted by Gasteiger charge is 2.56. The van der Waals surface area contributed by atoms with Gasteiger partial charge in [0.15, 0.2) is 0 Å². The molecule has 3 heterocycles. The van der Waals surface area contributed by atoms with Gasteiger partial charge in [-0.1, -0.05) is 60.1 Å². The molecular formula is C35H48F3NO3. The Bertz CT molecular complexity index is 1250. The number of ether oxygens (including phenoxy) is 2. The van der Waals surface area contributed by atoms with E-state index in [0.717, 1.165) is 84.7 Å². The van der Waals surface area contributed by atoms with Crippen molar-refractivity contribution in [3.8, 4) is 0 Å². The molecule has 2 aliphatic heterocycles. The van der Waals surface area contributed by atoms with Crippen LogP contribution in [0, 0.1) is 17.3 Å². The first-order valence-corrected chi connectivity index (χ1v) is 15.9. The number of nitrogens with zero attached hydrogens (tertiary/aromatic N) is 1. The van der Waals surface area contributed by atoms with Crippen molar-refractivity contribution in [2.24, 2.45) is 17.3 Å². The summed E-state index contributed by atoms with van der Waals surface area (Å²) in [6.07, 6.45) is 1.81. The number of aromatic nitrogens is 1. The van der Waals surface area contributed by atoms with Crippen LogP contribution in [0.2, 0.25) is 0 Å². The van der Waals surface area contributed by atoms with Crippen molar-refractivity contribution in [3.63, 3.8) is 0 Å². The highest BCUT2D eigenvalue weighted by Crippen LogP contribution is 2.61. The van der Waals surface area contributed by atoms with Crippen LogP contribution in [0.5, 0.6) is 0 Å². The number of alkyl halides is 3. The van der Waals surface area contributed by atoms with Crippen LogP contribution in [0.4, 0.5) is 13.2 Å². The van der Waals surface area contributed by atoms with E-state index in [9.17, 15) is 18.3 Å². The fraction of sp³-hybridized carbons (Fsp3) is 0.686. The first-order valence-electron chi connectivity index (χ1n) is 15.9. The smallest absolute Gasteiger partial charge is 0.388 e. The third-order valence-corrected chi connectivity index (χ3v) is 10.1. The van der Waals surface area contributed by atoms with E-state index >= 15 is 0 Å². The second kappa shape index (κ2) is 11.9. The first kappa shape index (κ1) is 31.5. The Balaban J connectivity index is 0.000000652. The van der Waals surface area contributed by atoms with E-state index in [0.29, 0.717) is 25.2 Å². The van der Waals surface area contributed by atoms with E-state index in [1.807, 2.05) is 0 Å². The zero-order chi connectivity index (χ0) is 30.4. The topological polar surface area (TPSA) is 51.6 Å². The van der Waals surface area contributed by atoms with Gasteiger partial charge in [0.25, 0.3) is 0 Å². The van der Waals surface area contributed by atoms with Crippen molar-refractivity contribution in [2.75, 3.05) is 13.2 Å². The van der Waals surface area contributed by atoms with Gasteiger partial charge in [-0.3, -0.25) is 4.98 Å². The summed E-state index contributed by atoms with van der Waals surface area (Å²) < 4.78 is 52.7. The van der Waals surface area contributed by atoms with Crippen LogP contribution in [0.15, 0.2) is 24.3 Å². The number of hydrogen-bond donors (Lipinski definition) is 1. The number of benzene rings is 1. The molecule has 2 aromatic rings. The van der Waals surface area contributed by atoms with Crippen LogP contribution in [-0.4, -0.2) is 23.3 Å². The summed E-state index contributed by atoms with van der Waals surface area (Å²) in [7, 11) is 0. The normalized spacial score (nSPS) is 28.9. The quantitative estimate of drug-likeness (QED) is 0.389. The lowest BCUT2D eigenvalue weighted by Gasteiger charge is -2.39. The van der Waals surface area contributed by atoms with Crippen molar-refractivity contribution in [1.29, 1.82) is 0 Å². The van der Waals surface area contributed by atoms with Gasteiger partial charge in [0.1, 0.15) is 6.10 Å². The van der Waals surface area contributed by atoms with E-state index in [2.05, 4.69) is 41.5 Å². The van der Waals surface area contributed by atoms with E-state index in [1.54, 1.807) is 12.1 Å². The zero-order valence-corrected chi connectivity index (χ0v) is 26.1. The minimum atomic E-state index is -4.39. The SMILES string of the molecule is CC1CCCC12O[C@@H](c1ccc(C(F)(F)F)cc1)c1c(C3CCOCC3)nc3c(c12)C(O)CC(C)(C)C3.CCC(C)C. The molecule has 2 fully saturated rings. The molecule has 0 amide bonds. The Morgan fingerprint density at radius 3 is 2.24 bits per heavy atom. The minimum Gasteiger partial charge on any atom is -0.388 e. The minimum absolute atomic E-state index is 0.0681. The molecule has 3 unspecified atom stereocenters. The maximum atomic E-state index is 13.3. The standard InChI is InChI=1S/C30H36F3NO3.C5H12/c1-17-5-4-12-29(17)25-23-21(15-28(2,3)16-22(23)35)34-26(18-10-13-36-14-11-18)24(25)27(37-29)19-6-8-20(9-7-19)30(31,32)33;1-4-5(2)3/h6-9,17-18,22,27,35H,4-5,10-16H2,1-3H3;5H,4H2,1-3H3/t17?,22?,27-,29?;/m0./s1. The molecule has 4 atom stereocenters. The van der Waals surface area contributed by atoms with Crippen LogP contribution >= 0.6 is 0 Å². The fourth-order valence-corrected chi connectivity index (χ4v) is 7.44. The van der Waals surface area contributed by atoms with E-state index in [-0.39, 0.29) is 17.3 Å². The average Bonchev–Trinajstić information content (AvgIpc) is 3.48. The summed E-state index contributed by atoms with van der Waals surface area (Å²) in [4.78, 5) is 5.29. The summed E-state index contributed by atoms with van der Waals surface area (Å²) in [5, 5.41) is 11.5. The van der Waals surface area contributed by atoms with Gasteiger partial charge < -0.3 is 14.6 Å². The monoisotopic (exact) mass is 587 g/mol. The third-order valence-electron chi connectivity index (χ3n) is 10.1. The molecule has 6 rings (SSSR count). The van der Waals surface area contributed by atoms with Crippen LogP contribution < -0.4 is 0 Å². The molecule has 2 aliphatic carbocycles. The van der Waals surface area contributed by atoms with Gasteiger partial charge in [-0.15, -0.1) is 0 Å². The van der Waals surface area contributed by atoms with Gasteiger partial charge in [0, 0.05) is 36.0 Å². The number of halogens is 3. The van der Waals surface area contributed by atoms with Gasteiger partial charge in [-0.2, -0.15) is 13.2 Å². The summed E-state index contributed by atoms with van der Waals surface area (Å²) in [5.74, 6) is 1.32. The molecule has 0 bridgehead atoms. The van der Waals surface area contributed by atoms with Gasteiger partial charge in [-0.05, 0) is 85.5 Å². The van der Waals surface area contributed by atoms with Crippen LogP contribution in [0.3, 0.4) is 0 Å². The molecule has 1 aromatic heterocycles. The molecule has 4 nitrogen and oxygen atoms in total. The molecule has 4 aliphatic rings. The van der Waals surface area contributed by atoms with E-state index < -0.39 is 29.5 Å². The largest absolute Gasteiger partial charge is 0.416 e. The lowest BCUT2D eigenvalue weighted by molar-refractivity contribution is -0.137. The molecule has 1 N–H and O–H groups in total. The maximum Gasteiger partial charge on any atom is 0.416 e. The molecular weight excluding hydrogens is 539 g/mol. The number of fused-ring (bicyclic) bond motifs is 4. The van der Waals surface area contributed by atoms with Crippen molar-refractivity contribution < 1.29 is 27.8 Å². The molecule has 1 saturated heterocycles. The Morgan fingerprint density at radius 2 is 1.69 bits per heavy atom. The van der Waals surface area contributed by atoms with E-state index in [1.165, 1.54) is 6.42 Å². The summed E-state index contributed by atoms with van der Waals surface area (Å²) >= 11 is 0. The number of aliphatic hydroxyl groups is 1. The predicted molar refractivity (Wildman–Crippen MR) is 158 cm³/mol. The molecule has 1 saturated carbocycles. The van der Waals surface area contributed by atoms with Crippen molar-refractivity contribution in [3.05, 3.63) is 63.5 Å². The van der Waals surface area contributed by atoms with Crippen molar-refractivity contribution in [2.45, 2.75) is 123 Å². The molecule has 1 aromatic carbocycles. The second-order valence-corrected chi connectivity index (χ2v) is 14.2. The molecule has 42 heavy (non-hydrogen) atoms. The fourth-order valence-electron chi connectivity index (χ4n) is 7.44. The van der Waals surface area contributed by atoms with Crippen LogP contribution in [0.25, 0.3) is 0 Å². The van der Waals surface area contributed by atoms with Gasteiger partial charge in [-0.25, -0.2) is 0 Å². The molecule has 232 valence electrons. The number of aliphatic hydroxyl groups excluding tert-OH is 1. The van der Waals surface area contributed by atoms with Crippen LogP contribution in [0.1, 0.15) is 144 Å². The highest BCUT2D eigenvalue weighted by molar-refractivity contribution is 5.55. The van der Waals surface area contributed by atoms with Gasteiger partial charge in [0.2, 0.25) is 0 Å². The average molecular weight is 588 g/mol. The Kier molecular flexibility index (Phi) is 8.88. The van der Waals surface area contributed by atoms with Gasteiger partial charge in [0.05, 0.1) is 23.0 Å². The lowest BCUT2D eigenvalue weighted by atomic mass is 9.69. The Labute approximate surface area is 249 Å². The van der Waals surface area contributed by atoms with Crippen LogP contribution in [-0.2, 0) is 27.7 Å². The van der Waals surface area contributed by atoms with Crippen molar-refractivity contribution in [1.82, 2.24) is 4.98 Å². The maximum absolute atomic E-state index is 13.3. The van der Waals surface area contributed by atoms with Gasteiger partial charge >= 0.3 is 6.18 Å². The summed E-state index contributed by atoms with van der Waals surface area (Å²) in [6, 6.07) is 5.42. The Hall–Kier alpha value is -1.96. The highest BCUT2D eigenvalue weighted by atomic mass is 19.4. The summed E-state index contributed by atoms with van der Waals surface area (Å²) in [6.45, 7) is 14.5.